The van der Waals surface area contributed by atoms with E-state index >= 15 is 0 Å². The Labute approximate surface area is 146 Å². The lowest BCUT2D eigenvalue weighted by atomic mass is 10.3. The highest BCUT2D eigenvalue weighted by atomic mass is 32.2. The molecular weight excluding hydrogens is 342 g/mol. The second kappa shape index (κ2) is 6.29. The Hall–Kier alpha value is -2.32. The van der Waals surface area contributed by atoms with Crippen LogP contribution in [0.25, 0.3) is 16.8 Å². The van der Waals surface area contributed by atoms with Crippen LogP contribution in [-0.4, -0.2) is 30.7 Å². The summed E-state index contributed by atoms with van der Waals surface area (Å²) in [7, 11) is 0. The molecule has 3 heterocycles. The normalized spacial score (nSPS) is 12.7. The minimum absolute atomic E-state index is 0.00558. The molecule has 1 aromatic carbocycles. The van der Waals surface area contributed by atoms with Gasteiger partial charge in [-0.05, 0) is 30.5 Å². The molecule has 2 N–H and O–H groups in total. The van der Waals surface area contributed by atoms with Gasteiger partial charge in [0.25, 0.3) is 0 Å². The number of para-hydroxylation sites is 2. The average Bonchev–Trinajstić information content (AvgIpc) is 3.30. The van der Waals surface area contributed by atoms with Gasteiger partial charge in [0.2, 0.25) is 11.7 Å². The molecule has 1 unspecified atom stereocenters. The first-order valence-electron chi connectivity index (χ1n) is 7.50. The number of imidazole rings is 1. The minimum atomic E-state index is -0.252. The summed E-state index contributed by atoms with van der Waals surface area (Å²) in [4.78, 5) is 17.9. The van der Waals surface area contributed by atoms with Crippen LogP contribution in [0.3, 0.4) is 0 Å². The fourth-order valence-corrected chi connectivity index (χ4v) is 4.00. The first kappa shape index (κ1) is 15.2. The number of hydrogen-bond donors (Lipinski definition) is 2. The Balaban J connectivity index is 1.52. The number of H-pyrrole nitrogens is 1. The number of thiophene rings is 1. The first-order valence-corrected chi connectivity index (χ1v) is 9.26. The summed E-state index contributed by atoms with van der Waals surface area (Å²) in [5, 5.41) is 12.7. The zero-order valence-electron chi connectivity index (χ0n) is 12.9. The van der Waals surface area contributed by atoms with Crippen molar-refractivity contribution in [3.8, 4) is 0 Å². The molecule has 0 fully saturated rings. The maximum absolute atomic E-state index is 12.3. The first-order chi connectivity index (χ1) is 11.7. The predicted molar refractivity (Wildman–Crippen MR) is 96.3 cm³/mol. The molecule has 4 rings (SSSR count). The topological polar surface area (TPSA) is 75.1 Å². The van der Waals surface area contributed by atoms with E-state index in [4.69, 9.17) is 0 Å². The van der Waals surface area contributed by atoms with Crippen molar-refractivity contribution in [2.24, 2.45) is 0 Å². The van der Waals surface area contributed by atoms with Gasteiger partial charge in [0.15, 0.2) is 5.16 Å². The van der Waals surface area contributed by atoms with Crippen LogP contribution < -0.4 is 5.32 Å². The van der Waals surface area contributed by atoms with Crippen molar-refractivity contribution in [3.63, 3.8) is 0 Å². The van der Waals surface area contributed by atoms with Crippen LogP contribution in [0.4, 0.5) is 0 Å². The fourth-order valence-electron chi connectivity index (χ4n) is 2.46. The van der Waals surface area contributed by atoms with Gasteiger partial charge in [0.05, 0.1) is 22.8 Å². The molecule has 0 aliphatic heterocycles. The highest BCUT2D eigenvalue weighted by Crippen LogP contribution is 2.26. The maximum Gasteiger partial charge on any atom is 0.233 e. The van der Waals surface area contributed by atoms with Crippen molar-refractivity contribution >= 4 is 45.8 Å². The number of aromatic amines is 1. The summed E-state index contributed by atoms with van der Waals surface area (Å²) in [6.45, 7) is 2.44. The van der Waals surface area contributed by atoms with Gasteiger partial charge in [-0.3, -0.25) is 9.20 Å². The number of carbonyl (C=O) groups excluding carboxylic acids is 1. The molecule has 24 heavy (non-hydrogen) atoms. The SMILES string of the molecule is CC(Sc1n[nH]c2nc3ccccc3n12)C(=O)NCc1cccs1. The highest BCUT2D eigenvalue weighted by molar-refractivity contribution is 8.00. The average molecular weight is 357 g/mol. The van der Waals surface area contributed by atoms with E-state index in [1.165, 1.54) is 11.8 Å². The summed E-state index contributed by atoms with van der Waals surface area (Å²) in [6, 6.07) is 11.9. The third-order valence-electron chi connectivity index (χ3n) is 3.67. The molecule has 4 aromatic rings. The van der Waals surface area contributed by atoms with E-state index in [9.17, 15) is 4.79 Å². The summed E-state index contributed by atoms with van der Waals surface area (Å²) >= 11 is 3.05. The van der Waals surface area contributed by atoms with E-state index in [1.54, 1.807) is 11.3 Å². The van der Waals surface area contributed by atoms with Gasteiger partial charge >= 0.3 is 0 Å². The lowest BCUT2D eigenvalue weighted by Gasteiger charge is -2.10. The van der Waals surface area contributed by atoms with Crippen molar-refractivity contribution in [3.05, 3.63) is 46.7 Å². The number of rotatable bonds is 5. The number of hydrogen-bond acceptors (Lipinski definition) is 5. The number of amides is 1. The van der Waals surface area contributed by atoms with E-state index in [0.29, 0.717) is 12.3 Å². The number of aromatic nitrogens is 4. The molecular formula is C16H15N5OS2. The molecule has 0 aliphatic rings. The molecule has 122 valence electrons. The van der Waals surface area contributed by atoms with Crippen LogP contribution in [0, 0.1) is 0 Å². The molecule has 0 saturated carbocycles. The lowest BCUT2D eigenvalue weighted by Crippen LogP contribution is -2.30. The summed E-state index contributed by atoms with van der Waals surface area (Å²) in [5.74, 6) is 0.680. The lowest BCUT2D eigenvalue weighted by molar-refractivity contribution is -0.120. The van der Waals surface area contributed by atoms with Crippen LogP contribution >= 0.6 is 23.1 Å². The molecule has 6 nitrogen and oxygen atoms in total. The van der Waals surface area contributed by atoms with Crippen LogP contribution in [0.2, 0.25) is 0 Å². The maximum atomic E-state index is 12.3. The predicted octanol–water partition coefficient (Wildman–Crippen LogP) is 3.07. The fraction of sp³-hybridized carbons (Fsp3) is 0.188. The van der Waals surface area contributed by atoms with Gasteiger partial charge < -0.3 is 5.32 Å². The Morgan fingerprint density at radius 2 is 2.25 bits per heavy atom. The smallest absolute Gasteiger partial charge is 0.233 e. The molecule has 1 amide bonds. The second-order valence-corrected chi connectivity index (χ2v) is 7.66. The number of carbonyl (C=O) groups is 1. The number of benzene rings is 1. The molecule has 3 aromatic heterocycles. The zero-order chi connectivity index (χ0) is 16.5. The molecule has 0 spiro atoms. The number of nitrogens with one attached hydrogen (secondary N) is 2. The molecule has 0 bridgehead atoms. The van der Waals surface area contributed by atoms with E-state index < -0.39 is 0 Å². The number of nitrogens with zero attached hydrogens (tertiary/aromatic N) is 3. The molecule has 1 atom stereocenters. The van der Waals surface area contributed by atoms with Crippen molar-refractivity contribution < 1.29 is 4.79 Å². The van der Waals surface area contributed by atoms with E-state index in [-0.39, 0.29) is 11.2 Å². The third kappa shape index (κ3) is 2.78. The Morgan fingerprint density at radius 1 is 1.38 bits per heavy atom. The van der Waals surface area contributed by atoms with Crippen molar-refractivity contribution in [2.45, 2.75) is 23.9 Å². The zero-order valence-corrected chi connectivity index (χ0v) is 14.5. The van der Waals surface area contributed by atoms with Gasteiger partial charge in [0.1, 0.15) is 0 Å². The molecule has 0 aliphatic carbocycles. The Morgan fingerprint density at radius 3 is 3.08 bits per heavy atom. The van der Waals surface area contributed by atoms with Gasteiger partial charge in [-0.15, -0.1) is 16.4 Å². The summed E-state index contributed by atoms with van der Waals surface area (Å²) in [5.41, 5.74) is 1.89. The van der Waals surface area contributed by atoms with Crippen molar-refractivity contribution in [1.82, 2.24) is 24.9 Å². The van der Waals surface area contributed by atoms with E-state index in [2.05, 4.69) is 20.5 Å². The quantitative estimate of drug-likeness (QED) is 0.538. The van der Waals surface area contributed by atoms with Crippen molar-refractivity contribution in [1.29, 1.82) is 0 Å². The Kier molecular flexibility index (Phi) is 3.99. The molecule has 0 radical (unpaired) electrons. The van der Waals surface area contributed by atoms with Gasteiger partial charge in [-0.1, -0.05) is 30.0 Å². The highest BCUT2D eigenvalue weighted by Gasteiger charge is 2.19. The van der Waals surface area contributed by atoms with Crippen LogP contribution in [0.5, 0.6) is 0 Å². The second-order valence-electron chi connectivity index (χ2n) is 5.32. The number of thioether (sulfide) groups is 1. The van der Waals surface area contributed by atoms with Crippen LogP contribution in [-0.2, 0) is 11.3 Å². The van der Waals surface area contributed by atoms with Crippen LogP contribution in [0.1, 0.15) is 11.8 Å². The van der Waals surface area contributed by atoms with Crippen LogP contribution in [0.15, 0.2) is 46.9 Å². The molecule has 0 saturated heterocycles. The minimum Gasteiger partial charge on any atom is -0.350 e. The van der Waals surface area contributed by atoms with Gasteiger partial charge in [-0.2, -0.15) is 0 Å². The number of fused-ring (bicyclic) bond motifs is 3. The van der Waals surface area contributed by atoms with Gasteiger partial charge in [-0.25, -0.2) is 10.1 Å². The largest absolute Gasteiger partial charge is 0.350 e. The summed E-state index contributed by atoms with van der Waals surface area (Å²) in [6.07, 6.45) is 0. The summed E-state index contributed by atoms with van der Waals surface area (Å²) < 4.78 is 1.95. The monoisotopic (exact) mass is 357 g/mol. The third-order valence-corrected chi connectivity index (χ3v) is 5.60. The van der Waals surface area contributed by atoms with Crippen molar-refractivity contribution in [2.75, 3.05) is 0 Å². The van der Waals surface area contributed by atoms with E-state index in [0.717, 1.165) is 21.1 Å². The van der Waals surface area contributed by atoms with E-state index in [1.807, 2.05) is 53.1 Å². The molecule has 8 heteroatoms. The Bertz CT molecular complexity index is 989. The standard InChI is InChI=1S/C16H15N5OS2/c1-10(14(22)17-9-11-5-4-8-23-11)24-16-20-19-15-18-12-6-2-3-7-13(12)21(15)16/h2-8,10H,9H2,1H3,(H,17,22)(H,18,19). The van der Waals surface area contributed by atoms with Gasteiger partial charge in [0, 0.05) is 4.88 Å².